The second-order valence-electron chi connectivity index (χ2n) is 3.84. The third-order valence-corrected chi connectivity index (χ3v) is 4.00. The van der Waals surface area contributed by atoms with Crippen molar-refractivity contribution in [3.63, 3.8) is 0 Å². The van der Waals surface area contributed by atoms with Crippen LogP contribution in [0.15, 0.2) is 29.4 Å². The van der Waals surface area contributed by atoms with Gasteiger partial charge in [0, 0.05) is 19.8 Å². The highest BCUT2D eigenvalue weighted by Crippen LogP contribution is 2.21. The van der Waals surface area contributed by atoms with Crippen LogP contribution < -0.4 is 10.0 Å². The van der Waals surface area contributed by atoms with Gasteiger partial charge in [0.15, 0.2) is 10.8 Å². The highest BCUT2D eigenvalue weighted by atomic mass is 32.2. The lowest BCUT2D eigenvalue weighted by atomic mass is 10.5. The van der Waals surface area contributed by atoms with Gasteiger partial charge in [0.25, 0.3) is 10.0 Å². The lowest BCUT2D eigenvalue weighted by Gasteiger charge is -2.07. The molecule has 0 atom stereocenters. The van der Waals surface area contributed by atoms with Crippen LogP contribution in [0.25, 0.3) is 5.65 Å². The summed E-state index contributed by atoms with van der Waals surface area (Å²) in [6.45, 7) is 2.32. The quantitative estimate of drug-likeness (QED) is 0.850. The minimum atomic E-state index is -3.56. The van der Waals surface area contributed by atoms with Crippen molar-refractivity contribution in [1.29, 1.82) is 0 Å². The number of sulfonamides is 1. The molecule has 0 spiro atoms. The number of aromatic nitrogens is 2. The third-order valence-electron chi connectivity index (χ3n) is 2.52. The molecule has 0 radical (unpaired) electrons. The maximum Gasteiger partial charge on any atom is 0.260 e. The van der Waals surface area contributed by atoms with Crippen LogP contribution in [0, 0.1) is 0 Å². The Labute approximate surface area is 106 Å². The second kappa shape index (κ2) is 4.95. The van der Waals surface area contributed by atoms with E-state index in [4.69, 9.17) is 0 Å². The zero-order chi connectivity index (χ0) is 13.2. The maximum atomic E-state index is 12.2. The van der Waals surface area contributed by atoms with Crippen LogP contribution in [0.2, 0.25) is 0 Å². The molecule has 7 heteroatoms. The lowest BCUT2D eigenvalue weighted by molar-refractivity contribution is 0.576. The van der Waals surface area contributed by atoms with E-state index in [2.05, 4.69) is 15.0 Å². The predicted molar refractivity (Wildman–Crippen MR) is 70.2 cm³/mol. The SMILES string of the molecule is CCCNS(=O)(=O)c1c(NC)nc2ccccn12. The fraction of sp³-hybridized carbons (Fsp3) is 0.364. The number of nitrogens with zero attached hydrogens (tertiary/aromatic N) is 2. The average Bonchev–Trinajstić information content (AvgIpc) is 2.75. The number of imidazole rings is 1. The second-order valence-corrected chi connectivity index (χ2v) is 5.52. The minimum Gasteiger partial charge on any atom is -0.371 e. The number of pyridine rings is 1. The Balaban J connectivity index is 2.61. The van der Waals surface area contributed by atoms with E-state index in [1.807, 2.05) is 13.0 Å². The van der Waals surface area contributed by atoms with Crippen molar-refractivity contribution >= 4 is 21.5 Å². The van der Waals surface area contributed by atoms with Crippen LogP contribution in [-0.2, 0) is 10.0 Å². The Morgan fingerprint density at radius 1 is 1.39 bits per heavy atom. The Hall–Kier alpha value is -1.60. The van der Waals surface area contributed by atoms with E-state index >= 15 is 0 Å². The van der Waals surface area contributed by atoms with Crippen LogP contribution >= 0.6 is 0 Å². The molecule has 0 aliphatic carbocycles. The molecule has 0 unspecified atom stereocenters. The summed E-state index contributed by atoms with van der Waals surface area (Å²) in [5, 5.41) is 2.96. The van der Waals surface area contributed by atoms with Crippen LogP contribution in [0.5, 0.6) is 0 Å². The van der Waals surface area contributed by atoms with E-state index < -0.39 is 10.0 Å². The first-order valence-corrected chi connectivity index (χ1v) is 7.23. The molecule has 2 aromatic heterocycles. The van der Waals surface area contributed by atoms with Gasteiger partial charge in [-0.05, 0) is 18.6 Å². The Morgan fingerprint density at radius 2 is 2.17 bits per heavy atom. The Kier molecular flexibility index (Phi) is 3.53. The van der Waals surface area contributed by atoms with E-state index in [0.717, 1.165) is 6.42 Å². The van der Waals surface area contributed by atoms with Gasteiger partial charge in [0.2, 0.25) is 0 Å². The first-order chi connectivity index (χ1) is 8.60. The molecular weight excluding hydrogens is 252 g/mol. The highest BCUT2D eigenvalue weighted by molar-refractivity contribution is 7.89. The summed E-state index contributed by atoms with van der Waals surface area (Å²) in [7, 11) is -1.91. The summed E-state index contributed by atoms with van der Waals surface area (Å²) in [5.41, 5.74) is 0.596. The molecule has 0 amide bonds. The van der Waals surface area contributed by atoms with Crippen molar-refractivity contribution in [3.05, 3.63) is 24.4 Å². The largest absolute Gasteiger partial charge is 0.371 e. The molecule has 2 heterocycles. The molecule has 0 aliphatic rings. The third kappa shape index (κ3) is 2.19. The van der Waals surface area contributed by atoms with E-state index in [0.29, 0.717) is 18.0 Å². The van der Waals surface area contributed by atoms with Crippen LogP contribution in [-0.4, -0.2) is 31.4 Å². The summed E-state index contributed by atoms with van der Waals surface area (Å²) in [4.78, 5) is 4.24. The number of hydrogen-bond donors (Lipinski definition) is 2. The smallest absolute Gasteiger partial charge is 0.260 e. The van der Waals surface area contributed by atoms with Crippen molar-refractivity contribution in [1.82, 2.24) is 14.1 Å². The average molecular weight is 268 g/mol. The fourth-order valence-corrected chi connectivity index (χ4v) is 3.12. The number of rotatable bonds is 5. The van der Waals surface area contributed by atoms with Gasteiger partial charge in [-0.25, -0.2) is 18.1 Å². The van der Waals surface area contributed by atoms with Gasteiger partial charge in [0.05, 0.1) is 0 Å². The van der Waals surface area contributed by atoms with Gasteiger partial charge in [-0.3, -0.25) is 4.40 Å². The van der Waals surface area contributed by atoms with Crippen molar-refractivity contribution in [3.8, 4) is 0 Å². The summed E-state index contributed by atoms with van der Waals surface area (Å²) in [6.07, 6.45) is 2.43. The van der Waals surface area contributed by atoms with Gasteiger partial charge in [0.1, 0.15) is 5.65 Å². The molecule has 18 heavy (non-hydrogen) atoms. The normalized spacial score (nSPS) is 11.9. The van der Waals surface area contributed by atoms with Crippen LogP contribution in [0.1, 0.15) is 13.3 Å². The van der Waals surface area contributed by atoms with Gasteiger partial charge >= 0.3 is 0 Å². The number of fused-ring (bicyclic) bond motifs is 1. The fourth-order valence-electron chi connectivity index (χ4n) is 1.70. The summed E-state index contributed by atoms with van der Waals surface area (Å²) in [5.74, 6) is 0.352. The van der Waals surface area contributed by atoms with Gasteiger partial charge in [-0.2, -0.15) is 0 Å². The first-order valence-electron chi connectivity index (χ1n) is 5.74. The molecule has 0 saturated carbocycles. The zero-order valence-corrected chi connectivity index (χ0v) is 11.2. The molecule has 0 aromatic carbocycles. The van der Waals surface area contributed by atoms with Crippen molar-refractivity contribution in [2.24, 2.45) is 0 Å². The molecule has 6 nitrogen and oxygen atoms in total. The molecular formula is C11H16N4O2S. The van der Waals surface area contributed by atoms with E-state index in [9.17, 15) is 8.42 Å². The number of nitrogens with one attached hydrogen (secondary N) is 2. The lowest BCUT2D eigenvalue weighted by Crippen LogP contribution is -2.26. The summed E-state index contributed by atoms with van der Waals surface area (Å²) in [6, 6.07) is 5.35. The molecule has 0 aliphatic heterocycles. The maximum absolute atomic E-state index is 12.2. The van der Waals surface area contributed by atoms with Gasteiger partial charge in [-0.15, -0.1) is 0 Å². The minimum absolute atomic E-state index is 0.147. The number of hydrogen-bond acceptors (Lipinski definition) is 4. The van der Waals surface area contributed by atoms with Crippen molar-refractivity contribution < 1.29 is 8.42 Å². The monoisotopic (exact) mass is 268 g/mol. The predicted octanol–water partition coefficient (Wildman–Crippen LogP) is 1.06. The topological polar surface area (TPSA) is 75.5 Å². The molecule has 2 N–H and O–H groups in total. The molecule has 2 aromatic rings. The van der Waals surface area contributed by atoms with Crippen LogP contribution in [0.3, 0.4) is 0 Å². The van der Waals surface area contributed by atoms with Crippen LogP contribution in [0.4, 0.5) is 5.82 Å². The first kappa shape index (κ1) is 12.8. The van der Waals surface area contributed by atoms with E-state index in [1.54, 1.807) is 29.8 Å². The summed E-state index contributed by atoms with van der Waals surface area (Å²) < 4.78 is 28.6. The van der Waals surface area contributed by atoms with Gasteiger partial charge < -0.3 is 5.32 Å². The Morgan fingerprint density at radius 3 is 2.83 bits per heavy atom. The van der Waals surface area contributed by atoms with E-state index in [-0.39, 0.29) is 5.03 Å². The molecule has 98 valence electrons. The molecule has 0 bridgehead atoms. The van der Waals surface area contributed by atoms with Crippen molar-refractivity contribution in [2.45, 2.75) is 18.4 Å². The summed E-state index contributed by atoms with van der Waals surface area (Å²) >= 11 is 0. The van der Waals surface area contributed by atoms with Crippen molar-refractivity contribution in [2.75, 3.05) is 18.9 Å². The Bertz CT molecular complexity index is 648. The van der Waals surface area contributed by atoms with E-state index in [1.165, 1.54) is 0 Å². The highest BCUT2D eigenvalue weighted by Gasteiger charge is 2.23. The molecule has 0 fully saturated rings. The van der Waals surface area contributed by atoms with Gasteiger partial charge in [-0.1, -0.05) is 13.0 Å². The molecule has 0 saturated heterocycles. The zero-order valence-electron chi connectivity index (χ0n) is 10.3. The standard InChI is InChI=1S/C11H16N4O2S/c1-3-7-13-18(16,17)11-10(12-2)14-9-6-4-5-8-15(9)11/h4-6,8,12-13H,3,7H2,1-2H3. The molecule has 2 rings (SSSR count). The number of anilines is 1.